The van der Waals surface area contributed by atoms with Gasteiger partial charge in [-0.1, -0.05) is 30.9 Å². The van der Waals surface area contributed by atoms with E-state index in [0.717, 1.165) is 19.4 Å². The SMILES string of the molecule is CN(C)C1(CNC(=S)Nc2cc(S(=O)(=O)N3CCOCC3)ccc2Cl)CCCCC1. The van der Waals surface area contributed by atoms with Gasteiger partial charge in [0.1, 0.15) is 0 Å². The van der Waals surface area contributed by atoms with Crippen molar-refractivity contribution in [1.82, 2.24) is 14.5 Å². The molecular weight excluding hydrogens is 444 g/mol. The smallest absolute Gasteiger partial charge is 0.243 e. The average molecular weight is 475 g/mol. The number of nitrogens with zero attached hydrogens (tertiary/aromatic N) is 2. The molecule has 2 N–H and O–H groups in total. The van der Waals surface area contributed by atoms with E-state index >= 15 is 0 Å². The highest BCUT2D eigenvalue weighted by molar-refractivity contribution is 7.89. The van der Waals surface area contributed by atoms with Crippen LogP contribution in [0.5, 0.6) is 0 Å². The minimum Gasteiger partial charge on any atom is -0.379 e. The quantitative estimate of drug-likeness (QED) is 0.614. The van der Waals surface area contributed by atoms with E-state index in [4.69, 9.17) is 28.6 Å². The van der Waals surface area contributed by atoms with Crippen molar-refractivity contribution in [2.75, 3.05) is 52.3 Å². The number of benzene rings is 1. The van der Waals surface area contributed by atoms with Gasteiger partial charge in [-0.2, -0.15) is 4.31 Å². The predicted octanol–water partition coefficient (Wildman–Crippen LogP) is 2.91. The van der Waals surface area contributed by atoms with Crippen LogP contribution in [-0.2, 0) is 14.8 Å². The van der Waals surface area contributed by atoms with Gasteiger partial charge in [0.25, 0.3) is 0 Å². The van der Waals surface area contributed by atoms with Crippen LogP contribution >= 0.6 is 23.8 Å². The number of rotatable bonds is 6. The molecule has 3 rings (SSSR count). The molecule has 1 aromatic rings. The van der Waals surface area contributed by atoms with E-state index in [2.05, 4.69) is 29.6 Å². The Kier molecular flexibility index (Phi) is 7.97. The predicted molar refractivity (Wildman–Crippen MR) is 125 cm³/mol. The van der Waals surface area contributed by atoms with Crippen molar-refractivity contribution < 1.29 is 13.2 Å². The number of hydrogen-bond acceptors (Lipinski definition) is 5. The summed E-state index contributed by atoms with van der Waals surface area (Å²) in [4.78, 5) is 2.47. The van der Waals surface area contributed by atoms with E-state index in [1.54, 1.807) is 12.1 Å². The average Bonchev–Trinajstić information content (AvgIpc) is 2.75. The van der Waals surface area contributed by atoms with E-state index in [0.29, 0.717) is 42.1 Å². The molecule has 0 aromatic heterocycles. The Balaban J connectivity index is 1.68. The van der Waals surface area contributed by atoms with E-state index < -0.39 is 10.0 Å². The molecule has 1 aliphatic carbocycles. The van der Waals surface area contributed by atoms with Crippen LogP contribution in [-0.4, -0.2) is 75.2 Å². The van der Waals surface area contributed by atoms with E-state index in [1.165, 1.54) is 29.6 Å². The molecule has 1 aliphatic heterocycles. The van der Waals surface area contributed by atoms with E-state index in [-0.39, 0.29) is 10.4 Å². The number of sulfonamides is 1. The molecule has 1 saturated heterocycles. The van der Waals surface area contributed by atoms with Gasteiger partial charge in [-0.3, -0.25) is 0 Å². The molecule has 0 radical (unpaired) electrons. The first-order valence-corrected chi connectivity index (χ1v) is 12.6. The highest BCUT2D eigenvalue weighted by Crippen LogP contribution is 2.32. The van der Waals surface area contributed by atoms with Crippen LogP contribution < -0.4 is 10.6 Å². The Bertz CT molecular complexity index is 852. The zero-order valence-corrected chi connectivity index (χ0v) is 20.0. The summed E-state index contributed by atoms with van der Waals surface area (Å²) in [5, 5.41) is 7.25. The molecule has 7 nitrogen and oxygen atoms in total. The van der Waals surface area contributed by atoms with Gasteiger partial charge in [-0.15, -0.1) is 0 Å². The number of hydrogen-bond donors (Lipinski definition) is 2. The highest BCUT2D eigenvalue weighted by Gasteiger charge is 2.34. The number of likely N-dealkylation sites (N-methyl/N-ethyl adjacent to an activating group) is 1. The Morgan fingerprint density at radius 2 is 1.90 bits per heavy atom. The van der Waals surface area contributed by atoms with Gasteiger partial charge < -0.3 is 20.3 Å². The van der Waals surface area contributed by atoms with Gasteiger partial charge in [-0.05, 0) is 57.4 Å². The summed E-state index contributed by atoms with van der Waals surface area (Å²) in [6.07, 6.45) is 5.96. The first kappa shape index (κ1) is 23.7. The molecule has 10 heteroatoms. The number of ether oxygens (including phenoxy) is 1. The highest BCUT2D eigenvalue weighted by atomic mass is 35.5. The molecule has 0 unspecified atom stereocenters. The lowest BCUT2D eigenvalue weighted by atomic mass is 9.80. The standard InChI is InChI=1S/C20H31ClN4O3S2/c1-24(2)20(8-4-3-5-9-20)15-22-19(29)23-18-14-16(6-7-17(18)21)30(26,27)25-10-12-28-13-11-25/h6-7,14H,3-5,8-13,15H2,1-2H3,(H2,22,23,29). The monoisotopic (exact) mass is 474 g/mol. The molecule has 0 spiro atoms. The van der Waals surface area contributed by atoms with Crippen molar-refractivity contribution in [3.05, 3.63) is 23.2 Å². The second-order valence-electron chi connectivity index (χ2n) is 8.15. The lowest BCUT2D eigenvalue weighted by molar-refractivity contribution is 0.0730. The second kappa shape index (κ2) is 10.1. The van der Waals surface area contributed by atoms with Gasteiger partial charge in [0.15, 0.2) is 5.11 Å². The minimum absolute atomic E-state index is 0.0787. The van der Waals surface area contributed by atoms with Crippen molar-refractivity contribution in [3.63, 3.8) is 0 Å². The third-order valence-electron chi connectivity index (χ3n) is 6.10. The Morgan fingerprint density at radius 3 is 2.53 bits per heavy atom. The molecule has 0 bridgehead atoms. The maximum Gasteiger partial charge on any atom is 0.243 e. The zero-order valence-electron chi connectivity index (χ0n) is 17.6. The van der Waals surface area contributed by atoms with Gasteiger partial charge in [0.2, 0.25) is 10.0 Å². The lowest BCUT2D eigenvalue weighted by Gasteiger charge is -2.43. The third kappa shape index (κ3) is 5.44. The van der Waals surface area contributed by atoms with E-state index in [9.17, 15) is 8.42 Å². The summed E-state index contributed by atoms with van der Waals surface area (Å²) < 4.78 is 32.6. The van der Waals surface area contributed by atoms with Crippen LogP contribution in [0.1, 0.15) is 32.1 Å². The molecule has 2 aliphatic rings. The molecule has 0 atom stereocenters. The fourth-order valence-electron chi connectivity index (χ4n) is 4.10. The molecule has 1 saturated carbocycles. The lowest BCUT2D eigenvalue weighted by Crippen LogP contribution is -2.54. The number of morpholine rings is 1. The third-order valence-corrected chi connectivity index (χ3v) is 8.58. The number of nitrogens with one attached hydrogen (secondary N) is 2. The fourth-order valence-corrected chi connectivity index (χ4v) is 5.88. The fraction of sp³-hybridized carbons (Fsp3) is 0.650. The molecule has 168 valence electrons. The normalized spacial score (nSPS) is 20.1. The van der Waals surface area contributed by atoms with E-state index in [1.807, 2.05) is 0 Å². The number of thiocarbonyl (C=S) groups is 1. The summed E-state index contributed by atoms with van der Waals surface area (Å²) in [7, 11) is 0.620. The van der Waals surface area contributed by atoms with Gasteiger partial charge in [0, 0.05) is 25.2 Å². The molecule has 0 amide bonds. The minimum atomic E-state index is -3.60. The number of halogens is 1. The first-order valence-electron chi connectivity index (χ1n) is 10.3. The first-order chi connectivity index (χ1) is 14.2. The van der Waals surface area contributed by atoms with Crippen molar-refractivity contribution >= 4 is 44.6 Å². The van der Waals surface area contributed by atoms with Crippen molar-refractivity contribution in [3.8, 4) is 0 Å². The van der Waals surface area contributed by atoms with Crippen LogP contribution in [0.15, 0.2) is 23.1 Å². The summed E-state index contributed by atoms with van der Waals surface area (Å²) in [6, 6.07) is 4.66. The molecule has 1 aromatic carbocycles. The zero-order chi connectivity index (χ0) is 21.8. The van der Waals surface area contributed by atoms with Crippen LogP contribution in [0.25, 0.3) is 0 Å². The van der Waals surface area contributed by atoms with Gasteiger partial charge >= 0.3 is 0 Å². The maximum absolute atomic E-state index is 12.9. The molecule has 30 heavy (non-hydrogen) atoms. The second-order valence-corrected chi connectivity index (χ2v) is 10.9. The summed E-state index contributed by atoms with van der Waals surface area (Å²) in [6.45, 7) is 2.23. The van der Waals surface area contributed by atoms with Crippen molar-refractivity contribution in [2.24, 2.45) is 0 Å². The van der Waals surface area contributed by atoms with Crippen LogP contribution in [0.3, 0.4) is 0 Å². The van der Waals surface area contributed by atoms with Gasteiger partial charge in [-0.25, -0.2) is 8.42 Å². The Labute approximate surface area is 190 Å². The molecule has 1 heterocycles. The Hall–Kier alpha value is -0.970. The van der Waals surface area contributed by atoms with Crippen LogP contribution in [0, 0.1) is 0 Å². The Morgan fingerprint density at radius 1 is 1.23 bits per heavy atom. The van der Waals surface area contributed by atoms with Crippen LogP contribution in [0.2, 0.25) is 5.02 Å². The summed E-state index contributed by atoms with van der Waals surface area (Å²) in [5.74, 6) is 0. The van der Waals surface area contributed by atoms with Crippen LogP contribution in [0.4, 0.5) is 5.69 Å². The summed E-state index contributed by atoms with van der Waals surface area (Å²) in [5.41, 5.74) is 0.556. The van der Waals surface area contributed by atoms with Crippen molar-refractivity contribution in [1.29, 1.82) is 0 Å². The van der Waals surface area contributed by atoms with Gasteiger partial charge in [0.05, 0.1) is 28.8 Å². The largest absolute Gasteiger partial charge is 0.379 e. The topological polar surface area (TPSA) is 73.9 Å². The number of anilines is 1. The molecule has 2 fully saturated rings. The molecular formula is C20H31ClN4O3S2. The maximum atomic E-state index is 12.9. The van der Waals surface area contributed by atoms with Crippen molar-refractivity contribution in [2.45, 2.75) is 42.5 Å². The summed E-state index contributed by atoms with van der Waals surface area (Å²) >= 11 is 11.8.